The minimum Gasteiger partial charge on any atom is -0.283 e. The standard InChI is InChI=1S/C25H20IN3O2S/c1-2-15-28-24(31)21-16-18(26)13-14-22(21)27-25(28)32-17-23(30)29(19-9-5-3-6-10-19)20-11-7-4-8-12-20/h2-14,16H,1,15,17H2. The Bertz CT molecular complexity index is 1280. The maximum Gasteiger partial charge on any atom is 0.262 e. The number of halogens is 1. The summed E-state index contributed by atoms with van der Waals surface area (Å²) in [5.41, 5.74) is 2.06. The van der Waals surface area contributed by atoms with Crippen LogP contribution in [0.2, 0.25) is 0 Å². The number of para-hydroxylation sites is 2. The van der Waals surface area contributed by atoms with Gasteiger partial charge >= 0.3 is 0 Å². The molecule has 7 heteroatoms. The molecule has 0 N–H and O–H groups in total. The largest absolute Gasteiger partial charge is 0.283 e. The van der Waals surface area contributed by atoms with E-state index in [1.54, 1.807) is 15.5 Å². The van der Waals surface area contributed by atoms with E-state index >= 15 is 0 Å². The minimum atomic E-state index is -0.133. The van der Waals surface area contributed by atoms with Gasteiger partial charge in [0.15, 0.2) is 5.16 Å². The van der Waals surface area contributed by atoms with Gasteiger partial charge in [-0.15, -0.1) is 6.58 Å². The number of carbonyl (C=O) groups excluding carboxylic acids is 1. The zero-order valence-corrected chi connectivity index (χ0v) is 20.1. The molecule has 0 aliphatic rings. The predicted molar refractivity (Wildman–Crippen MR) is 140 cm³/mol. The van der Waals surface area contributed by atoms with Gasteiger partial charge in [0.1, 0.15) is 0 Å². The number of rotatable bonds is 7. The molecule has 4 aromatic rings. The number of amides is 1. The van der Waals surface area contributed by atoms with Gasteiger partial charge in [-0.1, -0.05) is 54.2 Å². The third-order valence-electron chi connectivity index (χ3n) is 4.80. The quantitative estimate of drug-likeness (QED) is 0.129. The van der Waals surface area contributed by atoms with Gasteiger partial charge in [0.25, 0.3) is 5.56 Å². The van der Waals surface area contributed by atoms with Crippen molar-refractivity contribution in [3.8, 4) is 0 Å². The maximum atomic E-state index is 13.3. The summed E-state index contributed by atoms with van der Waals surface area (Å²) in [4.78, 5) is 32.8. The van der Waals surface area contributed by atoms with E-state index in [9.17, 15) is 9.59 Å². The van der Waals surface area contributed by atoms with E-state index in [0.29, 0.717) is 22.6 Å². The Morgan fingerprint density at radius 2 is 1.66 bits per heavy atom. The van der Waals surface area contributed by atoms with Crippen LogP contribution < -0.4 is 10.5 Å². The number of anilines is 2. The third-order valence-corrected chi connectivity index (χ3v) is 6.43. The Balaban J connectivity index is 1.68. The van der Waals surface area contributed by atoms with E-state index in [1.165, 1.54) is 11.8 Å². The van der Waals surface area contributed by atoms with Crippen LogP contribution in [-0.2, 0) is 11.3 Å². The van der Waals surface area contributed by atoms with Crippen molar-refractivity contribution in [2.24, 2.45) is 0 Å². The van der Waals surface area contributed by atoms with Crippen LogP contribution in [0.3, 0.4) is 0 Å². The first kappa shape index (κ1) is 22.3. The molecule has 160 valence electrons. The van der Waals surface area contributed by atoms with Gasteiger partial charge in [0.2, 0.25) is 5.91 Å². The van der Waals surface area contributed by atoms with Crippen LogP contribution in [0.25, 0.3) is 10.9 Å². The van der Waals surface area contributed by atoms with Crippen molar-refractivity contribution in [3.05, 3.63) is 105 Å². The van der Waals surface area contributed by atoms with Gasteiger partial charge in [-0.3, -0.25) is 19.1 Å². The van der Waals surface area contributed by atoms with Crippen molar-refractivity contribution >= 4 is 62.5 Å². The summed E-state index contributed by atoms with van der Waals surface area (Å²) in [6.45, 7) is 4.09. The first-order valence-electron chi connectivity index (χ1n) is 9.95. The number of benzene rings is 3. The zero-order chi connectivity index (χ0) is 22.5. The highest BCUT2D eigenvalue weighted by molar-refractivity contribution is 14.1. The van der Waals surface area contributed by atoms with Crippen molar-refractivity contribution in [1.82, 2.24) is 9.55 Å². The van der Waals surface area contributed by atoms with Gasteiger partial charge in [0, 0.05) is 21.5 Å². The average Bonchev–Trinajstić information content (AvgIpc) is 2.82. The zero-order valence-electron chi connectivity index (χ0n) is 17.1. The van der Waals surface area contributed by atoms with Crippen molar-refractivity contribution in [3.63, 3.8) is 0 Å². The molecule has 0 bridgehead atoms. The fourth-order valence-corrected chi connectivity index (χ4v) is 4.70. The molecule has 1 aromatic heterocycles. The number of thioether (sulfide) groups is 1. The number of hydrogen-bond acceptors (Lipinski definition) is 4. The SMILES string of the molecule is C=CCn1c(SCC(=O)N(c2ccccc2)c2ccccc2)nc2ccc(I)cc2c1=O. The predicted octanol–water partition coefficient (Wildman–Crippen LogP) is 5.64. The summed E-state index contributed by atoms with van der Waals surface area (Å²) in [5.74, 6) is 0.0259. The van der Waals surface area contributed by atoms with Crippen LogP contribution in [0.4, 0.5) is 11.4 Å². The molecule has 32 heavy (non-hydrogen) atoms. The summed E-state index contributed by atoms with van der Waals surface area (Å²) in [6, 6.07) is 24.6. The number of hydrogen-bond donors (Lipinski definition) is 0. The van der Waals surface area contributed by atoms with E-state index in [0.717, 1.165) is 14.9 Å². The lowest BCUT2D eigenvalue weighted by atomic mass is 10.2. The molecule has 0 aliphatic carbocycles. The molecule has 0 fully saturated rings. The van der Waals surface area contributed by atoms with Gasteiger partial charge in [0.05, 0.1) is 16.7 Å². The highest BCUT2D eigenvalue weighted by atomic mass is 127. The average molecular weight is 553 g/mol. The van der Waals surface area contributed by atoms with Crippen LogP contribution in [0.5, 0.6) is 0 Å². The Morgan fingerprint density at radius 3 is 2.25 bits per heavy atom. The second-order valence-electron chi connectivity index (χ2n) is 6.95. The maximum absolute atomic E-state index is 13.3. The first-order valence-corrected chi connectivity index (χ1v) is 12.0. The van der Waals surface area contributed by atoms with Crippen LogP contribution >= 0.6 is 34.4 Å². The van der Waals surface area contributed by atoms with E-state index < -0.39 is 0 Å². The van der Waals surface area contributed by atoms with Crippen LogP contribution in [0.15, 0.2) is 101 Å². The van der Waals surface area contributed by atoms with Crippen molar-refractivity contribution in [2.75, 3.05) is 10.7 Å². The Morgan fingerprint density at radius 1 is 1.03 bits per heavy atom. The third kappa shape index (κ3) is 4.78. The number of aromatic nitrogens is 2. The second-order valence-corrected chi connectivity index (χ2v) is 9.14. The molecule has 1 amide bonds. The van der Waals surface area contributed by atoms with Crippen molar-refractivity contribution < 1.29 is 4.79 Å². The fourth-order valence-electron chi connectivity index (χ4n) is 3.36. The molecule has 1 heterocycles. The molecular weight excluding hydrogens is 533 g/mol. The molecule has 5 nitrogen and oxygen atoms in total. The van der Waals surface area contributed by atoms with Gasteiger partial charge in [-0.25, -0.2) is 4.98 Å². The van der Waals surface area contributed by atoms with Crippen molar-refractivity contribution in [2.45, 2.75) is 11.7 Å². The smallest absolute Gasteiger partial charge is 0.262 e. The lowest BCUT2D eigenvalue weighted by Gasteiger charge is -2.23. The number of carbonyl (C=O) groups is 1. The Kier molecular flexibility index (Phi) is 7.06. The highest BCUT2D eigenvalue weighted by Crippen LogP contribution is 2.27. The number of fused-ring (bicyclic) bond motifs is 1. The molecule has 0 unspecified atom stereocenters. The molecular formula is C25H20IN3O2S. The summed E-state index contributed by atoms with van der Waals surface area (Å²) < 4.78 is 2.54. The molecule has 0 saturated heterocycles. The second kappa shape index (κ2) is 10.1. The molecule has 0 saturated carbocycles. The summed E-state index contributed by atoms with van der Waals surface area (Å²) in [5, 5.41) is 1.06. The topological polar surface area (TPSA) is 55.2 Å². The van der Waals surface area contributed by atoms with Crippen LogP contribution in [0.1, 0.15) is 0 Å². The van der Waals surface area contributed by atoms with E-state index in [4.69, 9.17) is 0 Å². The van der Waals surface area contributed by atoms with Crippen LogP contribution in [-0.4, -0.2) is 21.2 Å². The molecule has 0 spiro atoms. The van der Waals surface area contributed by atoms with Crippen LogP contribution in [0, 0.1) is 3.57 Å². The monoisotopic (exact) mass is 553 g/mol. The lowest BCUT2D eigenvalue weighted by molar-refractivity contribution is -0.115. The highest BCUT2D eigenvalue weighted by Gasteiger charge is 2.20. The normalized spacial score (nSPS) is 10.8. The fraction of sp³-hybridized carbons (Fsp3) is 0.0800. The molecule has 0 aliphatic heterocycles. The lowest BCUT2D eigenvalue weighted by Crippen LogP contribution is -2.28. The Labute approximate surface area is 203 Å². The summed E-state index contributed by atoms with van der Waals surface area (Å²) >= 11 is 3.44. The summed E-state index contributed by atoms with van der Waals surface area (Å²) in [6.07, 6.45) is 1.66. The van der Waals surface area contributed by atoms with E-state index in [-0.39, 0.29) is 17.2 Å². The number of allylic oxidation sites excluding steroid dienone is 1. The molecule has 0 atom stereocenters. The molecule has 4 rings (SSSR count). The molecule has 0 radical (unpaired) electrons. The van der Waals surface area contributed by atoms with E-state index in [2.05, 4.69) is 34.2 Å². The number of nitrogens with zero attached hydrogens (tertiary/aromatic N) is 3. The first-order chi connectivity index (χ1) is 15.6. The molecule has 3 aromatic carbocycles. The van der Waals surface area contributed by atoms with Gasteiger partial charge in [-0.05, 0) is 65.1 Å². The minimum absolute atomic E-state index is 0.102. The Hall–Kier alpha value is -2.91. The summed E-state index contributed by atoms with van der Waals surface area (Å²) in [7, 11) is 0. The van der Waals surface area contributed by atoms with Gasteiger partial charge in [-0.2, -0.15) is 0 Å². The van der Waals surface area contributed by atoms with Gasteiger partial charge < -0.3 is 0 Å². The van der Waals surface area contributed by atoms with Crippen molar-refractivity contribution in [1.29, 1.82) is 0 Å². The van der Waals surface area contributed by atoms with E-state index in [1.807, 2.05) is 78.9 Å².